The third-order valence-electron chi connectivity index (χ3n) is 5.20. The van der Waals surface area contributed by atoms with Crippen molar-refractivity contribution in [2.24, 2.45) is 0 Å². The maximum atomic E-state index is 13.0. The van der Waals surface area contributed by atoms with E-state index in [1.165, 1.54) is 0 Å². The van der Waals surface area contributed by atoms with Crippen molar-refractivity contribution in [2.45, 2.75) is 20.5 Å². The summed E-state index contributed by atoms with van der Waals surface area (Å²) in [6.45, 7) is 4.30. The number of aryl methyl sites for hydroxylation is 2. The Hall–Kier alpha value is -3.86. The highest BCUT2D eigenvalue weighted by molar-refractivity contribution is 6.44. The van der Waals surface area contributed by atoms with Crippen LogP contribution in [0.25, 0.3) is 5.57 Å². The average molecular weight is 399 g/mol. The lowest BCUT2D eigenvalue weighted by molar-refractivity contribution is -0.121. The smallest absolute Gasteiger partial charge is 0.301 e. The van der Waals surface area contributed by atoms with Gasteiger partial charge >= 0.3 is 5.91 Å². The van der Waals surface area contributed by atoms with Crippen molar-refractivity contribution in [1.29, 1.82) is 0 Å². The zero-order valence-corrected chi connectivity index (χ0v) is 16.8. The van der Waals surface area contributed by atoms with Crippen LogP contribution >= 0.6 is 0 Å². The molecule has 0 bridgehead atoms. The van der Waals surface area contributed by atoms with E-state index >= 15 is 0 Å². The first-order valence-corrected chi connectivity index (χ1v) is 9.62. The van der Waals surface area contributed by atoms with E-state index in [0.717, 1.165) is 21.6 Å². The molecule has 0 aliphatic carbocycles. The third kappa shape index (κ3) is 3.57. The lowest BCUT2D eigenvalue weighted by atomic mass is 10.00. The number of imide groups is 1. The molecule has 1 aliphatic heterocycles. The van der Waals surface area contributed by atoms with E-state index in [0.29, 0.717) is 23.6 Å². The maximum absolute atomic E-state index is 13.0. The van der Waals surface area contributed by atoms with Gasteiger partial charge in [-0.25, -0.2) is 4.90 Å². The number of anilines is 1. The molecule has 2 amide bonds. The fraction of sp³-hybridized carbons (Fsp3) is 0.120. The largest absolute Gasteiger partial charge is 0.502 e. The fourth-order valence-electron chi connectivity index (χ4n) is 3.34. The van der Waals surface area contributed by atoms with Crippen LogP contribution in [0.5, 0.6) is 5.75 Å². The van der Waals surface area contributed by atoms with E-state index in [1.54, 1.807) is 36.4 Å². The minimum Gasteiger partial charge on any atom is -0.502 e. The average Bonchev–Trinajstić information content (AvgIpc) is 2.98. The van der Waals surface area contributed by atoms with E-state index < -0.39 is 17.6 Å². The second-order valence-electron chi connectivity index (χ2n) is 7.24. The van der Waals surface area contributed by atoms with Gasteiger partial charge in [-0.15, -0.1) is 0 Å². The molecule has 1 aliphatic rings. The molecule has 3 aromatic carbocycles. The summed E-state index contributed by atoms with van der Waals surface area (Å²) in [5, 5.41) is 10.4. The molecule has 4 rings (SSSR count). The lowest BCUT2D eigenvalue weighted by Crippen LogP contribution is -2.31. The molecule has 0 saturated carbocycles. The van der Waals surface area contributed by atoms with Gasteiger partial charge in [-0.2, -0.15) is 0 Å². The summed E-state index contributed by atoms with van der Waals surface area (Å²) >= 11 is 0. The number of nitrogens with zero attached hydrogens (tertiary/aromatic N) is 1. The van der Waals surface area contributed by atoms with Crippen LogP contribution in [0, 0.1) is 13.8 Å². The van der Waals surface area contributed by atoms with Gasteiger partial charge in [-0.05, 0) is 60.4 Å². The number of rotatable bonds is 5. The Bertz CT molecular complexity index is 1150. The molecule has 0 spiro atoms. The SMILES string of the molecule is Cc1ccc(C2=C(O)C(=O)N(c3ccc(OCc4ccccc4)cc3)C2=O)cc1C. The van der Waals surface area contributed by atoms with Crippen LogP contribution in [0.4, 0.5) is 5.69 Å². The number of benzene rings is 3. The minimum atomic E-state index is -0.730. The van der Waals surface area contributed by atoms with Gasteiger partial charge in [-0.1, -0.05) is 48.5 Å². The first-order valence-electron chi connectivity index (χ1n) is 9.62. The Balaban J connectivity index is 1.54. The Morgan fingerprint density at radius 3 is 2.20 bits per heavy atom. The van der Waals surface area contributed by atoms with Gasteiger partial charge in [0.15, 0.2) is 5.76 Å². The van der Waals surface area contributed by atoms with E-state index in [1.807, 2.05) is 50.2 Å². The van der Waals surface area contributed by atoms with Crippen LogP contribution in [0.3, 0.4) is 0 Å². The van der Waals surface area contributed by atoms with Crippen molar-refractivity contribution in [3.8, 4) is 5.75 Å². The second-order valence-corrected chi connectivity index (χ2v) is 7.24. The van der Waals surface area contributed by atoms with E-state index in [9.17, 15) is 14.7 Å². The molecule has 1 N–H and O–H groups in total. The predicted octanol–water partition coefficient (Wildman–Crippen LogP) is 4.72. The molecule has 5 heteroatoms. The van der Waals surface area contributed by atoms with Gasteiger partial charge < -0.3 is 9.84 Å². The highest BCUT2D eigenvalue weighted by atomic mass is 16.5. The highest BCUT2D eigenvalue weighted by Crippen LogP contribution is 2.33. The molecular formula is C25H21NO4. The number of ether oxygens (including phenoxy) is 1. The van der Waals surface area contributed by atoms with Crippen LogP contribution in [-0.2, 0) is 16.2 Å². The third-order valence-corrected chi connectivity index (χ3v) is 5.20. The molecule has 0 saturated heterocycles. The van der Waals surface area contributed by atoms with Crippen LogP contribution < -0.4 is 9.64 Å². The van der Waals surface area contributed by atoms with E-state index in [2.05, 4.69) is 0 Å². The summed E-state index contributed by atoms with van der Waals surface area (Å²) in [4.78, 5) is 26.6. The topological polar surface area (TPSA) is 66.8 Å². The number of hydrogen-bond acceptors (Lipinski definition) is 4. The minimum absolute atomic E-state index is 0.0208. The molecule has 30 heavy (non-hydrogen) atoms. The molecule has 3 aromatic rings. The molecule has 0 fully saturated rings. The number of amides is 2. The maximum Gasteiger partial charge on any atom is 0.301 e. The summed E-state index contributed by atoms with van der Waals surface area (Å²) in [7, 11) is 0. The summed E-state index contributed by atoms with van der Waals surface area (Å²) in [5.41, 5.74) is 4.01. The molecule has 0 atom stereocenters. The fourth-order valence-corrected chi connectivity index (χ4v) is 3.34. The van der Waals surface area contributed by atoms with Crippen molar-refractivity contribution in [2.75, 3.05) is 4.90 Å². The summed E-state index contributed by atoms with van der Waals surface area (Å²) < 4.78 is 5.75. The molecule has 0 unspecified atom stereocenters. The van der Waals surface area contributed by atoms with E-state index in [4.69, 9.17) is 4.74 Å². The lowest BCUT2D eigenvalue weighted by Gasteiger charge is -2.15. The second kappa shape index (κ2) is 7.87. The standard InChI is InChI=1S/C25H21NO4/c1-16-8-9-19(14-17(16)2)22-23(27)25(29)26(24(22)28)20-10-12-21(13-11-20)30-15-18-6-4-3-5-7-18/h3-14,27H,15H2,1-2H3. The van der Waals surface area contributed by atoms with Crippen molar-refractivity contribution < 1.29 is 19.4 Å². The Labute approximate surface area is 174 Å². The van der Waals surface area contributed by atoms with Gasteiger partial charge in [0, 0.05) is 0 Å². The summed E-state index contributed by atoms with van der Waals surface area (Å²) in [6.07, 6.45) is 0. The first-order chi connectivity index (χ1) is 14.5. The molecule has 1 heterocycles. The number of aliphatic hydroxyl groups excluding tert-OH is 1. The Kier molecular flexibility index (Phi) is 5.11. The number of hydrogen-bond donors (Lipinski definition) is 1. The summed E-state index contributed by atoms with van der Waals surface area (Å²) in [6, 6.07) is 21.8. The van der Waals surface area contributed by atoms with Crippen LogP contribution in [0.2, 0.25) is 0 Å². The molecular weight excluding hydrogens is 378 g/mol. The highest BCUT2D eigenvalue weighted by Gasteiger charge is 2.40. The van der Waals surface area contributed by atoms with E-state index in [-0.39, 0.29) is 5.57 Å². The number of aliphatic hydroxyl groups is 1. The van der Waals surface area contributed by atoms with Crippen LogP contribution in [0.15, 0.2) is 78.6 Å². The Morgan fingerprint density at radius 1 is 0.833 bits per heavy atom. The quantitative estimate of drug-likeness (QED) is 0.630. The van der Waals surface area contributed by atoms with Gasteiger partial charge in [0.05, 0.1) is 11.3 Å². The van der Waals surface area contributed by atoms with Crippen molar-refractivity contribution in [1.82, 2.24) is 0 Å². The molecule has 0 radical (unpaired) electrons. The van der Waals surface area contributed by atoms with Gasteiger partial charge in [-0.3, -0.25) is 9.59 Å². The van der Waals surface area contributed by atoms with Crippen molar-refractivity contribution in [3.05, 3.63) is 101 Å². The van der Waals surface area contributed by atoms with Gasteiger partial charge in [0.25, 0.3) is 5.91 Å². The monoisotopic (exact) mass is 399 g/mol. The summed E-state index contributed by atoms with van der Waals surface area (Å²) in [5.74, 6) is -1.19. The van der Waals surface area contributed by atoms with Crippen LogP contribution in [-0.4, -0.2) is 16.9 Å². The van der Waals surface area contributed by atoms with Gasteiger partial charge in [0.2, 0.25) is 0 Å². The zero-order valence-electron chi connectivity index (χ0n) is 16.8. The zero-order chi connectivity index (χ0) is 21.3. The van der Waals surface area contributed by atoms with Gasteiger partial charge in [0.1, 0.15) is 12.4 Å². The van der Waals surface area contributed by atoms with Crippen molar-refractivity contribution >= 4 is 23.1 Å². The number of carbonyl (C=O) groups is 2. The first kappa shape index (κ1) is 19.5. The predicted molar refractivity (Wildman–Crippen MR) is 115 cm³/mol. The normalized spacial score (nSPS) is 13.9. The molecule has 150 valence electrons. The van der Waals surface area contributed by atoms with Crippen molar-refractivity contribution in [3.63, 3.8) is 0 Å². The number of carbonyl (C=O) groups excluding carboxylic acids is 2. The Morgan fingerprint density at radius 2 is 1.53 bits per heavy atom. The molecule has 0 aromatic heterocycles. The molecule has 5 nitrogen and oxygen atoms in total. The van der Waals surface area contributed by atoms with Crippen LogP contribution in [0.1, 0.15) is 22.3 Å².